The zero-order valence-corrected chi connectivity index (χ0v) is 29.1. The number of hydrogen-bond donors (Lipinski definition) is 2. The van der Waals surface area contributed by atoms with Crippen LogP contribution in [0.3, 0.4) is 0 Å². The Bertz CT molecular complexity index is 746. The molecule has 0 aromatic heterocycles. The highest BCUT2D eigenvalue weighted by Crippen LogP contribution is 2.07. The molecule has 0 amide bonds. The number of aliphatic hydroxyl groups excluding tert-OH is 2. The minimum Gasteiger partial charge on any atom is -0.462 e. The number of rotatable bonds is 27. The van der Waals surface area contributed by atoms with Gasteiger partial charge in [-0.1, -0.05) is 26.3 Å². The fraction of sp³-hybridized carbons (Fsp3) is 0.647. The molecule has 2 N–H and O–H groups in total. The van der Waals surface area contributed by atoms with E-state index in [1.165, 1.54) is 0 Å². The molecule has 4 atom stereocenters. The van der Waals surface area contributed by atoms with Gasteiger partial charge in [0.25, 0.3) is 0 Å². The number of aliphatic hydroxyl groups is 2. The smallest absolute Gasteiger partial charge is 0.330 e. The van der Waals surface area contributed by atoms with Gasteiger partial charge in [-0.2, -0.15) is 0 Å². The van der Waals surface area contributed by atoms with E-state index >= 15 is 0 Å². The molecule has 4 unspecified atom stereocenters. The van der Waals surface area contributed by atoms with E-state index in [2.05, 4.69) is 26.3 Å². The predicted molar refractivity (Wildman–Crippen MR) is 179 cm³/mol. The molecule has 0 saturated heterocycles. The van der Waals surface area contributed by atoms with Crippen LogP contribution in [0.15, 0.2) is 50.6 Å². The van der Waals surface area contributed by atoms with Crippen LogP contribution in [0, 0.1) is 0 Å². The second-order valence-corrected chi connectivity index (χ2v) is 9.83. The summed E-state index contributed by atoms with van der Waals surface area (Å²) in [5, 5.41) is 16.5. The van der Waals surface area contributed by atoms with E-state index < -0.39 is 23.9 Å². The van der Waals surface area contributed by atoms with E-state index in [0.29, 0.717) is 78.5 Å². The molecule has 0 fully saturated rings. The standard InChI is InChI=1S/2C14H22O5.C6H14O4/c2*1-5-13(15)17-9-7-11(3)19-12(4)8-10-18-14(16)6-2;7-1-3-9-5-6-10-4-2-8/h2*5-6,11-12H,1-2,7-10H2,3-4H3;7-8H,1-6H2. The summed E-state index contributed by atoms with van der Waals surface area (Å²) in [6.07, 6.45) is 6.78. The average molecular weight is 691 g/mol. The first-order valence-corrected chi connectivity index (χ1v) is 15.7. The molecule has 14 heteroatoms. The lowest BCUT2D eigenvalue weighted by Crippen LogP contribution is -2.21. The largest absolute Gasteiger partial charge is 0.462 e. The summed E-state index contributed by atoms with van der Waals surface area (Å²) < 4.78 is 40.5. The van der Waals surface area contributed by atoms with Crippen molar-refractivity contribution in [2.45, 2.75) is 77.8 Å². The second kappa shape index (κ2) is 36.4. The maximum absolute atomic E-state index is 10.8. The summed E-state index contributed by atoms with van der Waals surface area (Å²) in [4.78, 5) is 43.2. The predicted octanol–water partition coefficient (Wildman–Crippen LogP) is 3.04. The summed E-state index contributed by atoms with van der Waals surface area (Å²) in [5.74, 6) is -1.73. The molecule has 0 rings (SSSR count). The van der Waals surface area contributed by atoms with Crippen molar-refractivity contribution in [2.24, 2.45) is 0 Å². The fourth-order valence-corrected chi connectivity index (χ4v) is 3.05. The zero-order chi connectivity index (χ0) is 37.0. The Hall–Kier alpha value is -3.40. The van der Waals surface area contributed by atoms with Gasteiger partial charge in [0.2, 0.25) is 0 Å². The summed E-state index contributed by atoms with van der Waals surface area (Å²) >= 11 is 0. The molecule has 0 aliphatic carbocycles. The summed E-state index contributed by atoms with van der Waals surface area (Å²) in [7, 11) is 0. The van der Waals surface area contributed by atoms with Gasteiger partial charge in [0, 0.05) is 50.0 Å². The molecule has 0 aromatic rings. The van der Waals surface area contributed by atoms with Crippen LogP contribution in [0.25, 0.3) is 0 Å². The van der Waals surface area contributed by atoms with E-state index in [9.17, 15) is 19.2 Å². The Labute approximate surface area is 285 Å². The highest BCUT2D eigenvalue weighted by atomic mass is 16.6. The van der Waals surface area contributed by atoms with Gasteiger partial charge in [0.1, 0.15) is 0 Å². The van der Waals surface area contributed by atoms with Crippen molar-refractivity contribution < 1.29 is 67.3 Å². The van der Waals surface area contributed by atoms with Gasteiger partial charge in [-0.05, 0) is 27.7 Å². The molecule has 0 aliphatic heterocycles. The minimum absolute atomic E-state index is 0.0391. The first kappa shape index (κ1) is 49.0. The number of carbonyl (C=O) groups excluding carboxylic acids is 4. The van der Waals surface area contributed by atoms with E-state index in [1.807, 2.05) is 27.7 Å². The second-order valence-electron chi connectivity index (χ2n) is 9.83. The van der Waals surface area contributed by atoms with Crippen LogP contribution in [0.2, 0.25) is 0 Å². The molecule has 0 aromatic carbocycles. The van der Waals surface area contributed by atoms with Crippen LogP contribution in [0.5, 0.6) is 0 Å². The summed E-state index contributed by atoms with van der Waals surface area (Å²) in [5.41, 5.74) is 0. The Morgan fingerprint density at radius 2 is 0.688 bits per heavy atom. The van der Waals surface area contributed by atoms with Gasteiger partial charge < -0.3 is 48.1 Å². The van der Waals surface area contributed by atoms with E-state index in [4.69, 9.17) is 48.1 Å². The summed E-state index contributed by atoms with van der Waals surface area (Å²) in [6, 6.07) is 0. The first-order valence-electron chi connectivity index (χ1n) is 15.7. The third kappa shape index (κ3) is 38.8. The molecule has 0 radical (unpaired) electrons. The van der Waals surface area contributed by atoms with Gasteiger partial charge in [-0.25, -0.2) is 19.2 Å². The molecular weight excluding hydrogens is 632 g/mol. The van der Waals surface area contributed by atoms with Gasteiger partial charge >= 0.3 is 23.9 Å². The lowest BCUT2D eigenvalue weighted by molar-refractivity contribution is -0.140. The Morgan fingerprint density at radius 1 is 0.458 bits per heavy atom. The van der Waals surface area contributed by atoms with Crippen molar-refractivity contribution in [3.63, 3.8) is 0 Å². The van der Waals surface area contributed by atoms with Crippen LogP contribution < -0.4 is 0 Å². The van der Waals surface area contributed by atoms with E-state index in [0.717, 1.165) is 24.3 Å². The van der Waals surface area contributed by atoms with Crippen LogP contribution in [0.1, 0.15) is 53.4 Å². The Balaban J connectivity index is -0.000000665. The monoisotopic (exact) mass is 690 g/mol. The SMILES string of the molecule is C=CC(=O)OCCC(C)OC(C)CCOC(=O)C=C.C=CC(=O)OCCC(C)OC(C)CCOC(=O)C=C.OCCOCCOCCO. The van der Waals surface area contributed by atoms with Crippen LogP contribution in [-0.4, -0.2) is 125 Å². The van der Waals surface area contributed by atoms with Crippen molar-refractivity contribution in [1.82, 2.24) is 0 Å². The van der Waals surface area contributed by atoms with Crippen molar-refractivity contribution in [3.8, 4) is 0 Å². The third-order valence-corrected chi connectivity index (χ3v) is 5.51. The highest BCUT2D eigenvalue weighted by Gasteiger charge is 2.11. The molecule has 0 saturated carbocycles. The molecule has 0 bridgehead atoms. The normalized spacial score (nSPS) is 12.5. The van der Waals surface area contributed by atoms with Gasteiger partial charge in [-0.3, -0.25) is 0 Å². The summed E-state index contributed by atoms with van der Waals surface area (Å²) in [6.45, 7) is 23.7. The average Bonchev–Trinajstić information content (AvgIpc) is 3.06. The lowest BCUT2D eigenvalue weighted by atomic mass is 10.2. The topological polar surface area (TPSA) is 183 Å². The molecule has 0 aliphatic rings. The fourth-order valence-electron chi connectivity index (χ4n) is 3.05. The number of esters is 4. The van der Waals surface area contributed by atoms with Crippen molar-refractivity contribution >= 4 is 23.9 Å². The molecule has 48 heavy (non-hydrogen) atoms. The van der Waals surface area contributed by atoms with Crippen LogP contribution in [-0.2, 0) is 57.1 Å². The van der Waals surface area contributed by atoms with Crippen molar-refractivity contribution in [3.05, 3.63) is 50.6 Å². The quantitative estimate of drug-likeness (QED) is 0.0555. The highest BCUT2D eigenvalue weighted by molar-refractivity contribution is 5.82. The Kier molecular flexibility index (Phi) is 37.2. The van der Waals surface area contributed by atoms with Gasteiger partial charge in [0.05, 0.1) is 90.5 Å². The maximum atomic E-state index is 10.8. The van der Waals surface area contributed by atoms with Crippen molar-refractivity contribution in [1.29, 1.82) is 0 Å². The van der Waals surface area contributed by atoms with Gasteiger partial charge in [-0.15, -0.1) is 0 Å². The lowest BCUT2D eigenvalue weighted by Gasteiger charge is -2.18. The number of ether oxygens (including phenoxy) is 8. The van der Waals surface area contributed by atoms with Crippen LogP contribution >= 0.6 is 0 Å². The van der Waals surface area contributed by atoms with E-state index in [-0.39, 0.29) is 37.6 Å². The zero-order valence-electron chi connectivity index (χ0n) is 29.1. The molecule has 278 valence electrons. The minimum atomic E-state index is -0.434. The number of hydrogen-bond acceptors (Lipinski definition) is 14. The maximum Gasteiger partial charge on any atom is 0.330 e. The van der Waals surface area contributed by atoms with Crippen LogP contribution in [0.4, 0.5) is 0 Å². The molecule has 0 spiro atoms. The Morgan fingerprint density at radius 3 is 0.875 bits per heavy atom. The molecule has 14 nitrogen and oxygen atoms in total. The number of carbonyl (C=O) groups is 4. The van der Waals surface area contributed by atoms with E-state index in [1.54, 1.807) is 0 Å². The van der Waals surface area contributed by atoms with Crippen molar-refractivity contribution in [2.75, 3.05) is 66.1 Å². The molecule has 0 heterocycles. The van der Waals surface area contributed by atoms with Gasteiger partial charge in [0.15, 0.2) is 0 Å². The first-order chi connectivity index (χ1) is 22.9. The third-order valence-electron chi connectivity index (χ3n) is 5.51. The molecular formula is C34H58O14.